The summed E-state index contributed by atoms with van der Waals surface area (Å²) >= 11 is 7.08. The van der Waals surface area contributed by atoms with Crippen molar-refractivity contribution in [3.05, 3.63) is 86.0 Å². The summed E-state index contributed by atoms with van der Waals surface area (Å²) in [4.78, 5) is 30.6. The Morgan fingerprint density at radius 3 is 2.52 bits per heavy atom. The largest absolute Gasteiger partial charge is 0.493 e. The molecule has 2 aromatic heterocycles. The number of benzene rings is 2. The van der Waals surface area contributed by atoms with Crippen LogP contribution < -0.4 is 11.2 Å². The molecule has 0 amide bonds. The molecule has 2 heterocycles. The first-order valence-corrected chi connectivity index (χ1v) is 9.49. The van der Waals surface area contributed by atoms with Crippen molar-refractivity contribution in [2.75, 3.05) is 0 Å². The fraction of sp³-hybridized carbons (Fsp3) is 0. The third kappa shape index (κ3) is 3.86. The zero-order chi connectivity index (χ0) is 20.4. The summed E-state index contributed by atoms with van der Waals surface area (Å²) in [6.45, 7) is 0. The van der Waals surface area contributed by atoms with Crippen LogP contribution in [0.5, 0.6) is 5.88 Å². The highest BCUT2D eigenvalue weighted by molar-refractivity contribution is 7.18. The van der Waals surface area contributed by atoms with Gasteiger partial charge in [0, 0.05) is 16.8 Å². The highest BCUT2D eigenvalue weighted by Gasteiger charge is 2.14. The average Bonchev–Trinajstić information content (AvgIpc) is 3.19. The van der Waals surface area contributed by atoms with Crippen molar-refractivity contribution >= 4 is 34.3 Å². The molecule has 4 aromatic rings. The van der Waals surface area contributed by atoms with E-state index in [-0.39, 0.29) is 5.56 Å². The normalized spacial score (nSPS) is 11.2. The molecule has 2 N–H and O–H groups in total. The van der Waals surface area contributed by atoms with Crippen LogP contribution in [-0.4, -0.2) is 31.1 Å². The molecular formula is C19H12ClN5O3S. The maximum atomic E-state index is 12.2. The van der Waals surface area contributed by atoms with Crippen LogP contribution in [0.3, 0.4) is 0 Å². The van der Waals surface area contributed by atoms with Crippen molar-refractivity contribution in [2.24, 2.45) is 4.99 Å². The van der Waals surface area contributed by atoms with E-state index < -0.39 is 17.1 Å². The number of aromatic hydroxyl groups is 1. The maximum absolute atomic E-state index is 12.2. The summed E-state index contributed by atoms with van der Waals surface area (Å²) in [5.41, 5.74) is -0.506. The van der Waals surface area contributed by atoms with Crippen LogP contribution in [0.4, 0.5) is 5.13 Å². The Labute approximate surface area is 172 Å². The Balaban J connectivity index is 1.72. The number of halogens is 1. The minimum absolute atomic E-state index is 0.184. The number of nitrogens with one attached hydrogen (secondary N) is 1. The standard InChI is InChI=1S/C19H12ClN5O3S/c20-12-6-8-13(9-7-12)25-17(27)14(15(26)22-19(25)28)10-21-18-24-23-16(29-18)11-4-2-1-3-5-11/h1-10,27H,(H,22,26,28)/b21-10+. The highest BCUT2D eigenvalue weighted by atomic mass is 35.5. The number of hydrogen-bond acceptors (Lipinski definition) is 7. The van der Waals surface area contributed by atoms with E-state index in [1.165, 1.54) is 11.3 Å². The molecule has 0 unspecified atom stereocenters. The molecule has 8 nitrogen and oxygen atoms in total. The second-order valence-electron chi connectivity index (χ2n) is 5.82. The Bertz CT molecular complexity index is 1310. The van der Waals surface area contributed by atoms with Crippen molar-refractivity contribution in [1.29, 1.82) is 0 Å². The van der Waals surface area contributed by atoms with Crippen LogP contribution in [0, 0.1) is 0 Å². The molecule has 2 aromatic carbocycles. The summed E-state index contributed by atoms with van der Waals surface area (Å²) in [6, 6.07) is 15.7. The summed E-state index contributed by atoms with van der Waals surface area (Å²) in [5.74, 6) is -0.544. The van der Waals surface area contributed by atoms with Gasteiger partial charge in [-0.3, -0.25) is 9.78 Å². The first kappa shape index (κ1) is 18.8. The fourth-order valence-corrected chi connectivity index (χ4v) is 3.39. The van der Waals surface area contributed by atoms with Gasteiger partial charge in [-0.25, -0.2) is 14.4 Å². The van der Waals surface area contributed by atoms with Crippen molar-refractivity contribution in [1.82, 2.24) is 19.7 Å². The molecule has 144 valence electrons. The van der Waals surface area contributed by atoms with Crippen LogP contribution in [0.2, 0.25) is 5.02 Å². The molecule has 10 heteroatoms. The molecule has 0 fully saturated rings. The number of hydrogen-bond donors (Lipinski definition) is 2. The zero-order valence-corrected chi connectivity index (χ0v) is 16.2. The van der Waals surface area contributed by atoms with E-state index in [1.807, 2.05) is 30.3 Å². The molecule has 0 bridgehead atoms. The Morgan fingerprint density at radius 2 is 1.79 bits per heavy atom. The highest BCUT2D eigenvalue weighted by Crippen LogP contribution is 2.27. The van der Waals surface area contributed by atoms with Crippen molar-refractivity contribution in [2.45, 2.75) is 0 Å². The minimum atomic E-state index is -0.783. The molecule has 0 aliphatic carbocycles. The van der Waals surface area contributed by atoms with E-state index in [1.54, 1.807) is 24.3 Å². The topological polar surface area (TPSA) is 113 Å². The molecule has 0 aliphatic rings. The van der Waals surface area contributed by atoms with Gasteiger partial charge in [0.1, 0.15) is 10.6 Å². The van der Waals surface area contributed by atoms with E-state index in [2.05, 4.69) is 20.2 Å². The average molecular weight is 426 g/mol. The van der Waals surface area contributed by atoms with Crippen molar-refractivity contribution in [3.8, 4) is 22.1 Å². The molecule has 4 rings (SSSR count). The quantitative estimate of drug-likeness (QED) is 0.487. The number of aliphatic imine (C=N–C) groups is 1. The van der Waals surface area contributed by atoms with E-state index in [4.69, 9.17) is 11.6 Å². The third-order valence-electron chi connectivity index (χ3n) is 3.94. The lowest BCUT2D eigenvalue weighted by molar-refractivity contribution is 0.430. The van der Waals surface area contributed by atoms with Gasteiger partial charge in [-0.2, -0.15) is 0 Å². The lowest BCUT2D eigenvalue weighted by Gasteiger charge is -2.09. The first-order valence-electron chi connectivity index (χ1n) is 8.30. The van der Waals surface area contributed by atoms with Gasteiger partial charge in [-0.05, 0) is 24.3 Å². The van der Waals surface area contributed by atoms with Crippen LogP contribution in [-0.2, 0) is 0 Å². The van der Waals surface area contributed by atoms with Gasteiger partial charge in [0.25, 0.3) is 5.56 Å². The summed E-state index contributed by atoms with van der Waals surface area (Å²) in [6.07, 6.45) is 1.15. The van der Waals surface area contributed by atoms with Crippen molar-refractivity contribution < 1.29 is 5.11 Å². The Morgan fingerprint density at radius 1 is 1.07 bits per heavy atom. The van der Waals surface area contributed by atoms with Gasteiger partial charge in [0.2, 0.25) is 11.0 Å². The van der Waals surface area contributed by atoms with Crippen LogP contribution in [0.25, 0.3) is 16.3 Å². The first-order chi connectivity index (χ1) is 14.0. The number of nitrogens with zero attached hydrogens (tertiary/aromatic N) is 4. The predicted molar refractivity (Wildman–Crippen MR) is 112 cm³/mol. The van der Waals surface area contributed by atoms with Gasteiger partial charge in [0.15, 0.2) is 0 Å². The summed E-state index contributed by atoms with van der Waals surface area (Å²) in [7, 11) is 0. The summed E-state index contributed by atoms with van der Waals surface area (Å²) in [5, 5.41) is 20.0. The molecular weight excluding hydrogens is 414 g/mol. The van der Waals surface area contributed by atoms with E-state index in [9.17, 15) is 14.7 Å². The van der Waals surface area contributed by atoms with Gasteiger partial charge in [-0.1, -0.05) is 53.3 Å². The second kappa shape index (κ2) is 7.82. The molecule has 0 saturated carbocycles. The van der Waals surface area contributed by atoms with Crippen LogP contribution in [0.1, 0.15) is 5.56 Å². The van der Waals surface area contributed by atoms with Crippen LogP contribution in [0.15, 0.2) is 69.2 Å². The Hall–Kier alpha value is -3.56. The number of H-pyrrole nitrogens is 1. The van der Waals surface area contributed by atoms with Gasteiger partial charge >= 0.3 is 5.69 Å². The smallest absolute Gasteiger partial charge is 0.335 e. The van der Waals surface area contributed by atoms with Gasteiger partial charge in [-0.15, -0.1) is 10.2 Å². The monoisotopic (exact) mass is 425 g/mol. The maximum Gasteiger partial charge on any atom is 0.335 e. The molecule has 0 saturated heterocycles. The third-order valence-corrected chi connectivity index (χ3v) is 5.08. The lowest BCUT2D eigenvalue weighted by Crippen LogP contribution is -2.31. The lowest BCUT2D eigenvalue weighted by atomic mass is 10.2. The van der Waals surface area contributed by atoms with Crippen molar-refractivity contribution in [3.63, 3.8) is 0 Å². The minimum Gasteiger partial charge on any atom is -0.493 e. The number of aromatic amines is 1. The van der Waals surface area contributed by atoms with E-state index in [0.29, 0.717) is 20.8 Å². The molecule has 0 radical (unpaired) electrons. The summed E-state index contributed by atoms with van der Waals surface area (Å²) < 4.78 is 0.953. The molecule has 0 atom stereocenters. The fourth-order valence-electron chi connectivity index (χ4n) is 2.57. The van der Waals surface area contributed by atoms with E-state index >= 15 is 0 Å². The number of rotatable bonds is 4. The van der Waals surface area contributed by atoms with Gasteiger partial charge in [0.05, 0.1) is 5.69 Å². The molecule has 0 aliphatic heterocycles. The molecule has 29 heavy (non-hydrogen) atoms. The van der Waals surface area contributed by atoms with Crippen LogP contribution >= 0.6 is 22.9 Å². The predicted octanol–water partition coefficient (Wildman–Crippen LogP) is 3.15. The zero-order valence-electron chi connectivity index (χ0n) is 14.6. The van der Waals surface area contributed by atoms with E-state index in [0.717, 1.165) is 16.3 Å². The SMILES string of the molecule is O=c1[nH]c(=O)n(-c2ccc(Cl)cc2)c(O)c1/C=N/c1nnc(-c2ccccc2)s1. The Kier molecular flexibility index (Phi) is 5.07. The van der Waals surface area contributed by atoms with Gasteiger partial charge < -0.3 is 5.11 Å². The molecule has 0 spiro atoms. The number of aromatic nitrogens is 4. The second-order valence-corrected chi connectivity index (χ2v) is 7.21.